The Morgan fingerprint density at radius 2 is 2.08 bits per heavy atom. The van der Waals surface area contributed by atoms with E-state index >= 15 is 0 Å². The minimum Gasteiger partial charge on any atom is -0.508 e. The zero-order valence-corrected chi connectivity index (χ0v) is 14.1. The van der Waals surface area contributed by atoms with Crippen LogP contribution in [0.3, 0.4) is 0 Å². The fraction of sp³-hybridized carbons (Fsp3) is 0.294. The molecule has 7 heteroatoms. The van der Waals surface area contributed by atoms with Crippen LogP contribution in [0.15, 0.2) is 36.4 Å². The highest BCUT2D eigenvalue weighted by atomic mass is 32.2. The van der Waals surface area contributed by atoms with Gasteiger partial charge in [-0.05, 0) is 30.2 Å². The lowest BCUT2D eigenvalue weighted by Crippen LogP contribution is -2.09. The lowest BCUT2D eigenvalue weighted by atomic mass is 10.1. The number of sulfone groups is 1. The summed E-state index contributed by atoms with van der Waals surface area (Å²) in [7, 11) is -3.22. The van der Waals surface area contributed by atoms with Crippen molar-refractivity contribution in [3.8, 4) is 17.1 Å². The number of phenols is 1. The molecule has 0 atom stereocenters. The van der Waals surface area contributed by atoms with E-state index in [0.29, 0.717) is 36.0 Å². The molecule has 3 rings (SSSR count). The molecule has 126 valence electrons. The molecule has 0 unspecified atom stereocenters. The van der Waals surface area contributed by atoms with Gasteiger partial charge in [0.2, 0.25) is 0 Å². The average molecular weight is 346 g/mol. The van der Waals surface area contributed by atoms with Gasteiger partial charge < -0.3 is 9.84 Å². The topological polar surface area (TPSA) is 89.4 Å². The molecule has 2 aromatic rings. The SMILES string of the molecule is CS(=O)(=O)Cc1cc(C2=CCOCC2)nc(-c2cccc(O)c2)n1. The minimum absolute atomic E-state index is 0.108. The average Bonchev–Trinajstić information content (AvgIpc) is 2.54. The van der Waals surface area contributed by atoms with Crippen LogP contribution in [0.25, 0.3) is 17.0 Å². The molecule has 0 saturated heterocycles. The zero-order valence-electron chi connectivity index (χ0n) is 13.3. The first-order valence-corrected chi connectivity index (χ1v) is 9.59. The highest BCUT2D eigenvalue weighted by Crippen LogP contribution is 2.25. The second-order valence-electron chi connectivity index (χ2n) is 5.74. The van der Waals surface area contributed by atoms with Gasteiger partial charge in [-0.1, -0.05) is 18.2 Å². The molecule has 24 heavy (non-hydrogen) atoms. The van der Waals surface area contributed by atoms with Crippen LogP contribution in [0.1, 0.15) is 17.8 Å². The second-order valence-corrected chi connectivity index (χ2v) is 7.88. The summed E-state index contributed by atoms with van der Waals surface area (Å²) in [6, 6.07) is 8.31. The van der Waals surface area contributed by atoms with Gasteiger partial charge in [0.1, 0.15) is 5.75 Å². The molecule has 0 radical (unpaired) electrons. The van der Waals surface area contributed by atoms with Crippen molar-refractivity contribution < 1.29 is 18.3 Å². The Kier molecular flexibility index (Phi) is 4.64. The van der Waals surface area contributed by atoms with E-state index in [0.717, 1.165) is 12.0 Å². The molecule has 0 fully saturated rings. The van der Waals surface area contributed by atoms with Gasteiger partial charge in [-0.25, -0.2) is 18.4 Å². The molecule has 1 aromatic carbocycles. The van der Waals surface area contributed by atoms with Crippen LogP contribution >= 0.6 is 0 Å². The minimum atomic E-state index is -3.22. The number of hydrogen-bond donors (Lipinski definition) is 1. The lowest BCUT2D eigenvalue weighted by Gasteiger charge is -2.15. The lowest BCUT2D eigenvalue weighted by molar-refractivity contribution is 0.161. The molecule has 1 aliphatic rings. The second kappa shape index (κ2) is 6.70. The standard InChI is InChI=1S/C17H18N2O4S/c1-24(21,22)11-14-10-16(12-5-7-23-8-6-12)19-17(18-14)13-3-2-4-15(20)9-13/h2-5,9-10,20H,6-8,11H2,1H3. The van der Waals surface area contributed by atoms with Gasteiger partial charge in [0.15, 0.2) is 15.7 Å². The van der Waals surface area contributed by atoms with Gasteiger partial charge in [0.05, 0.1) is 30.4 Å². The van der Waals surface area contributed by atoms with Crippen molar-refractivity contribution in [1.29, 1.82) is 0 Å². The Morgan fingerprint density at radius 3 is 2.75 bits per heavy atom. The summed E-state index contributed by atoms with van der Waals surface area (Å²) in [5.41, 5.74) is 2.79. The first kappa shape index (κ1) is 16.6. The van der Waals surface area contributed by atoms with E-state index in [1.807, 2.05) is 6.08 Å². The third kappa shape index (κ3) is 4.18. The zero-order chi connectivity index (χ0) is 17.2. The quantitative estimate of drug-likeness (QED) is 0.913. The first-order chi connectivity index (χ1) is 11.4. The predicted octanol–water partition coefficient (Wildman–Crippen LogP) is 2.20. The third-order valence-electron chi connectivity index (χ3n) is 3.59. The molecular weight excluding hydrogens is 328 g/mol. The highest BCUT2D eigenvalue weighted by Gasteiger charge is 2.15. The highest BCUT2D eigenvalue weighted by molar-refractivity contribution is 7.89. The van der Waals surface area contributed by atoms with Crippen molar-refractivity contribution in [2.45, 2.75) is 12.2 Å². The molecule has 0 amide bonds. The van der Waals surface area contributed by atoms with Crippen molar-refractivity contribution in [3.63, 3.8) is 0 Å². The molecule has 0 saturated carbocycles. The van der Waals surface area contributed by atoms with Gasteiger partial charge in [-0.2, -0.15) is 0 Å². The van der Waals surface area contributed by atoms with Crippen LogP contribution in [0.2, 0.25) is 0 Å². The Balaban J connectivity index is 2.10. The van der Waals surface area contributed by atoms with Crippen molar-refractivity contribution in [3.05, 3.63) is 47.8 Å². The van der Waals surface area contributed by atoms with E-state index < -0.39 is 9.84 Å². The number of nitrogens with zero attached hydrogens (tertiary/aromatic N) is 2. The fourth-order valence-corrected chi connectivity index (χ4v) is 3.22. The number of hydrogen-bond acceptors (Lipinski definition) is 6. The Morgan fingerprint density at radius 1 is 1.25 bits per heavy atom. The number of phenolic OH excluding ortho intramolecular Hbond substituents is 1. The molecule has 0 spiro atoms. The number of rotatable bonds is 4. The molecule has 1 aliphatic heterocycles. The van der Waals surface area contributed by atoms with Crippen molar-refractivity contribution in [1.82, 2.24) is 9.97 Å². The Hall–Kier alpha value is -2.25. The largest absolute Gasteiger partial charge is 0.508 e. The van der Waals surface area contributed by atoms with Crippen LogP contribution < -0.4 is 0 Å². The van der Waals surface area contributed by atoms with Crippen LogP contribution in [0.5, 0.6) is 5.75 Å². The van der Waals surface area contributed by atoms with E-state index in [2.05, 4.69) is 9.97 Å². The van der Waals surface area contributed by atoms with E-state index in [-0.39, 0.29) is 11.5 Å². The summed E-state index contributed by atoms with van der Waals surface area (Å²) in [6.07, 6.45) is 3.84. The maximum Gasteiger partial charge on any atom is 0.160 e. The van der Waals surface area contributed by atoms with E-state index in [1.54, 1.807) is 30.3 Å². The number of aromatic hydroxyl groups is 1. The third-order valence-corrected chi connectivity index (χ3v) is 4.41. The van der Waals surface area contributed by atoms with Crippen LogP contribution in [-0.2, 0) is 20.3 Å². The Labute approximate surface area is 140 Å². The van der Waals surface area contributed by atoms with Crippen LogP contribution in [0, 0.1) is 0 Å². The van der Waals surface area contributed by atoms with Gasteiger partial charge >= 0.3 is 0 Å². The molecule has 1 N–H and O–H groups in total. The number of ether oxygens (including phenoxy) is 1. The van der Waals surface area contributed by atoms with Crippen molar-refractivity contribution in [2.24, 2.45) is 0 Å². The summed E-state index contributed by atoms with van der Waals surface area (Å²) < 4.78 is 28.6. The van der Waals surface area contributed by atoms with E-state index in [9.17, 15) is 13.5 Å². The maximum atomic E-state index is 11.7. The van der Waals surface area contributed by atoms with Gasteiger partial charge in [-0.15, -0.1) is 0 Å². The normalized spacial score (nSPS) is 15.1. The summed E-state index contributed by atoms with van der Waals surface area (Å²) in [6.45, 7) is 1.13. The molecule has 1 aromatic heterocycles. The van der Waals surface area contributed by atoms with E-state index in [4.69, 9.17) is 4.74 Å². The van der Waals surface area contributed by atoms with Crippen molar-refractivity contribution in [2.75, 3.05) is 19.5 Å². The van der Waals surface area contributed by atoms with Gasteiger partial charge in [0, 0.05) is 11.8 Å². The molecular formula is C17H18N2O4S. The number of aromatic nitrogens is 2. The molecule has 0 bridgehead atoms. The maximum absolute atomic E-state index is 11.7. The summed E-state index contributed by atoms with van der Waals surface area (Å²) in [5.74, 6) is 0.351. The van der Waals surface area contributed by atoms with Crippen LogP contribution in [-0.4, -0.2) is 43.0 Å². The smallest absolute Gasteiger partial charge is 0.160 e. The summed E-state index contributed by atoms with van der Waals surface area (Å²) >= 11 is 0. The first-order valence-electron chi connectivity index (χ1n) is 7.53. The van der Waals surface area contributed by atoms with Crippen molar-refractivity contribution >= 4 is 15.4 Å². The number of benzene rings is 1. The van der Waals surface area contributed by atoms with Gasteiger partial charge in [-0.3, -0.25) is 0 Å². The Bertz CT molecular complexity index is 891. The van der Waals surface area contributed by atoms with Crippen LogP contribution in [0.4, 0.5) is 0 Å². The van der Waals surface area contributed by atoms with E-state index in [1.165, 1.54) is 6.26 Å². The predicted molar refractivity (Wildman–Crippen MR) is 91.1 cm³/mol. The molecule has 2 heterocycles. The summed E-state index contributed by atoms with van der Waals surface area (Å²) in [4.78, 5) is 8.92. The fourth-order valence-electron chi connectivity index (χ4n) is 2.54. The van der Waals surface area contributed by atoms with Gasteiger partial charge in [0.25, 0.3) is 0 Å². The molecule has 6 nitrogen and oxygen atoms in total. The summed E-state index contributed by atoms with van der Waals surface area (Å²) in [5, 5.41) is 9.67. The molecule has 0 aliphatic carbocycles. The monoisotopic (exact) mass is 346 g/mol.